The van der Waals surface area contributed by atoms with Crippen LogP contribution in [0.25, 0.3) is 0 Å². The van der Waals surface area contributed by atoms with E-state index in [0.717, 1.165) is 83.5 Å². The lowest BCUT2D eigenvalue weighted by molar-refractivity contribution is -0.167. The Hall–Kier alpha value is -2.89. The summed E-state index contributed by atoms with van der Waals surface area (Å²) in [7, 11) is 0. The molecular formula is C49H84O6. The Kier molecular flexibility index (Phi) is 41.5. The molecule has 1 atom stereocenters. The van der Waals surface area contributed by atoms with Crippen LogP contribution in [-0.4, -0.2) is 37.2 Å². The molecular weight excluding hydrogens is 685 g/mol. The van der Waals surface area contributed by atoms with Crippen LogP contribution in [0.4, 0.5) is 0 Å². The second kappa shape index (κ2) is 43.8. The molecule has 55 heavy (non-hydrogen) atoms. The van der Waals surface area contributed by atoms with Crippen LogP contribution < -0.4 is 0 Å². The second-order valence-corrected chi connectivity index (χ2v) is 15.0. The minimum Gasteiger partial charge on any atom is -0.462 e. The van der Waals surface area contributed by atoms with Gasteiger partial charge < -0.3 is 14.2 Å². The molecule has 0 radical (unpaired) electrons. The van der Waals surface area contributed by atoms with Crippen molar-refractivity contribution in [1.29, 1.82) is 0 Å². The molecule has 0 aromatic heterocycles. The van der Waals surface area contributed by atoms with Crippen LogP contribution in [0.1, 0.15) is 213 Å². The van der Waals surface area contributed by atoms with Crippen molar-refractivity contribution in [2.75, 3.05) is 13.2 Å². The van der Waals surface area contributed by atoms with E-state index in [1.807, 2.05) is 36.5 Å². The highest BCUT2D eigenvalue weighted by Gasteiger charge is 2.19. The second-order valence-electron chi connectivity index (χ2n) is 15.0. The molecule has 0 heterocycles. The van der Waals surface area contributed by atoms with Gasteiger partial charge in [0, 0.05) is 19.3 Å². The predicted molar refractivity (Wildman–Crippen MR) is 233 cm³/mol. The van der Waals surface area contributed by atoms with Crippen LogP contribution in [-0.2, 0) is 28.6 Å². The highest BCUT2D eigenvalue weighted by molar-refractivity contribution is 5.71. The summed E-state index contributed by atoms with van der Waals surface area (Å²) in [5.41, 5.74) is 0. The Labute approximate surface area is 339 Å². The van der Waals surface area contributed by atoms with Crippen molar-refractivity contribution < 1.29 is 28.6 Å². The van der Waals surface area contributed by atoms with E-state index in [1.54, 1.807) is 0 Å². The maximum atomic E-state index is 12.7. The lowest BCUT2D eigenvalue weighted by atomic mass is 10.0. The van der Waals surface area contributed by atoms with Crippen molar-refractivity contribution in [2.45, 2.75) is 219 Å². The van der Waals surface area contributed by atoms with Gasteiger partial charge in [-0.25, -0.2) is 0 Å². The molecule has 0 rings (SSSR count). The molecule has 0 aromatic carbocycles. The summed E-state index contributed by atoms with van der Waals surface area (Å²) in [6.45, 7) is 6.41. The number of ether oxygens (including phenoxy) is 3. The van der Waals surface area contributed by atoms with E-state index >= 15 is 0 Å². The molecule has 0 fully saturated rings. The average molecular weight is 769 g/mol. The number of rotatable bonds is 40. The van der Waals surface area contributed by atoms with Gasteiger partial charge in [-0.1, -0.05) is 191 Å². The molecule has 0 saturated carbocycles. The smallest absolute Gasteiger partial charge is 0.306 e. The van der Waals surface area contributed by atoms with Gasteiger partial charge >= 0.3 is 17.9 Å². The van der Waals surface area contributed by atoms with Gasteiger partial charge in [0.05, 0.1) is 0 Å². The molecule has 6 nitrogen and oxygen atoms in total. The van der Waals surface area contributed by atoms with Crippen LogP contribution in [0.15, 0.2) is 60.8 Å². The summed E-state index contributed by atoms with van der Waals surface area (Å²) in [5, 5.41) is 0. The number of carbonyl (C=O) groups is 3. The third kappa shape index (κ3) is 42.1. The molecule has 1 unspecified atom stereocenters. The van der Waals surface area contributed by atoms with Crippen LogP contribution in [0.3, 0.4) is 0 Å². The molecule has 0 saturated heterocycles. The highest BCUT2D eigenvalue weighted by atomic mass is 16.6. The third-order valence-electron chi connectivity index (χ3n) is 9.60. The number of esters is 3. The van der Waals surface area contributed by atoms with Gasteiger partial charge in [0.15, 0.2) is 6.10 Å². The molecule has 6 heteroatoms. The summed E-state index contributed by atoms with van der Waals surface area (Å²) in [6.07, 6.45) is 52.0. The van der Waals surface area contributed by atoms with Crippen molar-refractivity contribution in [3.63, 3.8) is 0 Å². The topological polar surface area (TPSA) is 78.9 Å². The molecule has 0 aliphatic heterocycles. The van der Waals surface area contributed by atoms with Gasteiger partial charge in [0.25, 0.3) is 0 Å². The monoisotopic (exact) mass is 769 g/mol. The highest BCUT2D eigenvalue weighted by Crippen LogP contribution is 2.14. The fourth-order valence-corrected chi connectivity index (χ4v) is 6.15. The summed E-state index contributed by atoms with van der Waals surface area (Å²) >= 11 is 0. The first kappa shape index (κ1) is 52.1. The first-order valence-electron chi connectivity index (χ1n) is 22.8. The number of unbranched alkanes of at least 4 members (excludes halogenated alkanes) is 22. The molecule has 0 aliphatic carbocycles. The van der Waals surface area contributed by atoms with E-state index in [0.29, 0.717) is 19.3 Å². The molecule has 316 valence electrons. The summed E-state index contributed by atoms with van der Waals surface area (Å²) in [5.74, 6) is -0.942. The Morgan fingerprint density at radius 2 is 0.727 bits per heavy atom. The predicted octanol–water partition coefficient (Wildman–Crippen LogP) is 14.5. The minimum absolute atomic E-state index is 0.0892. The number of hydrogen-bond donors (Lipinski definition) is 0. The van der Waals surface area contributed by atoms with Gasteiger partial charge in [-0.15, -0.1) is 0 Å². The summed E-state index contributed by atoms with van der Waals surface area (Å²) in [6, 6.07) is 0. The summed E-state index contributed by atoms with van der Waals surface area (Å²) in [4.78, 5) is 37.7. The van der Waals surface area contributed by atoms with Gasteiger partial charge in [0.2, 0.25) is 0 Å². The minimum atomic E-state index is -0.790. The Morgan fingerprint density at radius 1 is 0.382 bits per heavy atom. The van der Waals surface area contributed by atoms with Crippen LogP contribution >= 0.6 is 0 Å². The fourth-order valence-electron chi connectivity index (χ4n) is 6.15. The quantitative estimate of drug-likeness (QED) is 0.0203. The third-order valence-corrected chi connectivity index (χ3v) is 9.60. The van der Waals surface area contributed by atoms with Crippen molar-refractivity contribution in [3.8, 4) is 0 Å². The molecule has 0 spiro atoms. The van der Waals surface area contributed by atoms with E-state index in [2.05, 4.69) is 45.1 Å². The zero-order chi connectivity index (χ0) is 40.1. The van der Waals surface area contributed by atoms with Crippen molar-refractivity contribution >= 4 is 17.9 Å². The van der Waals surface area contributed by atoms with Crippen molar-refractivity contribution in [1.82, 2.24) is 0 Å². The van der Waals surface area contributed by atoms with Crippen molar-refractivity contribution in [3.05, 3.63) is 60.8 Å². The lowest BCUT2D eigenvalue weighted by Gasteiger charge is -2.18. The lowest BCUT2D eigenvalue weighted by Crippen LogP contribution is -2.30. The Balaban J connectivity index is 4.45. The SMILES string of the molecule is CC\C=C/C=C\C=C/C=C\CCCCCC(=O)OCC(COC(=O)CCCCCCCCCCCCCC)OC(=O)CCCCCCC/C=C\CCCCC. The maximum Gasteiger partial charge on any atom is 0.306 e. The van der Waals surface area contributed by atoms with E-state index in [4.69, 9.17) is 14.2 Å². The van der Waals surface area contributed by atoms with E-state index in [9.17, 15) is 14.4 Å². The first-order valence-corrected chi connectivity index (χ1v) is 22.8. The average Bonchev–Trinajstić information content (AvgIpc) is 3.18. The number of hydrogen-bond acceptors (Lipinski definition) is 6. The van der Waals surface area contributed by atoms with Crippen LogP contribution in [0, 0.1) is 0 Å². The van der Waals surface area contributed by atoms with Crippen LogP contribution in [0.5, 0.6) is 0 Å². The summed E-state index contributed by atoms with van der Waals surface area (Å²) < 4.78 is 16.7. The van der Waals surface area contributed by atoms with Crippen molar-refractivity contribution in [2.24, 2.45) is 0 Å². The first-order chi connectivity index (χ1) is 27.0. The van der Waals surface area contributed by atoms with E-state index in [1.165, 1.54) is 89.9 Å². The fraction of sp³-hybridized carbons (Fsp3) is 0.735. The Bertz CT molecular complexity index is 1020. The zero-order valence-electron chi connectivity index (χ0n) is 35.9. The number of allylic oxidation sites excluding steroid dienone is 10. The maximum absolute atomic E-state index is 12.7. The zero-order valence-corrected chi connectivity index (χ0v) is 35.9. The van der Waals surface area contributed by atoms with Gasteiger partial charge in [-0.2, -0.15) is 0 Å². The van der Waals surface area contributed by atoms with Crippen LogP contribution in [0.2, 0.25) is 0 Å². The largest absolute Gasteiger partial charge is 0.462 e. The molecule has 0 amide bonds. The van der Waals surface area contributed by atoms with Gasteiger partial charge in [0.1, 0.15) is 13.2 Å². The molecule has 0 aromatic rings. The number of carbonyl (C=O) groups excluding carboxylic acids is 3. The molecule has 0 bridgehead atoms. The van der Waals surface area contributed by atoms with Gasteiger partial charge in [-0.3, -0.25) is 14.4 Å². The molecule has 0 aliphatic rings. The Morgan fingerprint density at radius 3 is 1.22 bits per heavy atom. The molecule has 0 N–H and O–H groups in total. The van der Waals surface area contributed by atoms with Gasteiger partial charge in [-0.05, 0) is 64.2 Å². The van der Waals surface area contributed by atoms with E-state index < -0.39 is 6.10 Å². The standard InChI is InChI=1S/C49H84O6/c1-4-7-10-13-16-19-22-25-28-30-33-36-39-42-48(51)54-45-46(55-49(52)43-40-37-34-31-27-24-21-18-15-12-9-6-3)44-53-47(50)41-38-35-32-29-26-23-20-17-14-11-8-5-2/h7,10,13,16,18-19,21-22,25,28,46H,4-6,8-9,11-12,14-15,17,20,23-24,26-27,29-45H2,1-3H3/b10-7-,16-13-,21-18-,22-19-,28-25-. The van der Waals surface area contributed by atoms with E-state index in [-0.39, 0.29) is 31.1 Å². The normalized spacial score (nSPS) is 12.6.